The van der Waals surface area contributed by atoms with Gasteiger partial charge in [0.2, 0.25) is 0 Å². The summed E-state index contributed by atoms with van der Waals surface area (Å²) in [5.41, 5.74) is 1.83. The summed E-state index contributed by atoms with van der Waals surface area (Å²) in [7, 11) is 0. The van der Waals surface area contributed by atoms with Crippen LogP contribution < -0.4 is 0 Å². The van der Waals surface area contributed by atoms with Crippen LogP contribution in [0.4, 0.5) is 0 Å². The smallest absolute Gasteiger partial charge is 0.255 e. The molecule has 2 aromatic heterocycles. The molecule has 2 heterocycles. The molecule has 0 N–H and O–H groups in total. The van der Waals surface area contributed by atoms with Gasteiger partial charge in [-0.3, -0.25) is 9.97 Å². The first-order chi connectivity index (χ1) is 5.97. The number of aromatic nitrogens is 2. The van der Waals surface area contributed by atoms with E-state index in [1.807, 2.05) is 36.4 Å². The van der Waals surface area contributed by atoms with Gasteiger partial charge < -0.3 is 0 Å². The number of pyridine rings is 2. The van der Waals surface area contributed by atoms with Gasteiger partial charge in [0.1, 0.15) is 0 Å². The van der Waals surface area contributed by atoms with Crippen molar-refractivity contribution in [2.45, 2.75) is 0 Å². The molecule has 0 aliphatic rings. The zero-order chi connectivity index (χ0) is 8.23. The largest absolute Gasteiger partial charge is 3.00 e. The zero-order valence-electron chi connectivity index (χ0n) is 7.01. The van der Waals surface area contributed by atoms with Crippen LogP contribution in [0.15, 0.2) is 48.8 Å². The second-order valence-electron chi connectivity index (χ2n) is 2.43. The van der Waals surface area contributed by atoms with E-state index in [1.54, 1.807) is 12.4 Å². The molecule has 0 bridgehead atoms. The first-order valence-corrected chi connectivity index (χ1v) is 3.79. The van der Waals surface area contributed by atoms with E-state index in [2.05, 4.69) is 9.97 Å². The molecule has 0 aliphatic heterocycles. The van der Waals surface area contributed by atoms with E-state index in [1.165, 1.54) is 0 Å². The van der Waals surface area contributed by atoms with E-state index >= 15 is 0 Å². The molecule has 0 saturated heterocycles. The van der Waals surface area contributed by atoms with Crippen LogP contribution in [0.5, 0.6) is 0 Å². The Morgan fingerprint density at radius 2 is 1.15 bits per heavy atom. The minimum absolute atomic E-state index is 0. The summed E-state index contributed by atoms with van der Waals surface area (Å²) >= 11 is 0. The molecule has 0 unspecified atom stereocenters. The summed E-state index contributed by atoms with van der Waals surface area (Å²) in [4.78, 5) is 8.37. The van der Waals surface area contributed by atoms with Crippen LogP contribution >= 0.6 is 0 Å². The van der Waals surface area contributed by atoms with Crippen molar-refractivity contribution in [3.05, 3.63) is 48.8 Å². The summed E-state index contributed by atoms with van der Waals surface area (Å²) in [6.45, 7) is 0. The van der Waals surface area contributed by atoms with Crippen molar-refractivity contribution in [2.75, 3.05) is 0 Å². The molecule has 1 radical (unpaired) electrons. The predicted octanol–water partition coefficient (Wildman–Crippen LogP) is 2.14. The summed E-state index contributed by atoms with van der Waals surface area (Å²) < 4.78 is 0. The molecule has 0 fully saturated rings. The Kier molecular flexibility index (Phi) is 4.48. The van der Waals surface area contributed by atoms with Gasteiger partial charge >= 0.3 is 41.7 Å². The molecule has 0 aliphatic carbocycles. The maximum atomic E-state index is 4.19. The first kappa shape index (κ1) is 10.8. The Labute approximate surface area is 111 Å². The second-order valence-corrected chi connectivity index (χ2v) is 2.43. The predicted molar refractivity (Wildman–Crippen MR) is 47.5 cm³/mol. The van der Waals surface area contributed by atoms with Crippen molar-refractivity contribution >= 4 is 0 Å². The number of nitrogens with zero attached hydrogens (tertiary/aromatic N) is 2. The van der Waals surface area contributed by atoms with Gasteiger partial charge in [0.05, 0.1) is 11.4 Å². The maximum Gasteiger partial charge on any atom is 3.00 e. The Balaban J connectivity index is 0.000000845. The van der Waals surface area contributed by atoms with Crippen molar-refractivity contribution in [2.24, 2.45) is 0 Å². The molecule has 13 heavy (non-hydrogen) atoms. The molecule has 3 heteroatoms. The molecule has 0 spiro atoms. The monoisotopic (exact) mass is 296 g/mol. The van der Waals surface area contributed by atoms with E-state index in [9.17, 15) is 0 Å². The molecule has 0 atom stereocenters. The van der Waals surface area contributed by atoms with Crippen LogP contribution in [0.1, 0.15) is 0 Å². The van der Waals surface area contributed by atoms with Gasteiger partial charge in [-0.05, 0) is 24.3 Å². The normalized spacial score (nSPS) is 8.92. The molecule has 2 aromatic rings. The minimum atomic E-state index is 0. The fourth-order valence-electron chi connectivity index (χ4n) is 1.03. The first-order valence-electron chi connectivity index (χ1n) is 3.79. The van der Waals surface area contributed by atoms with Gasteiger partial charge in [0.15, 0.2) is 0 Å². The average molecular weight is 296 g/mol. The van der Waals surface area contributed by atoms with Crippen molar-refractivity contribution in [1.82, 2.24) is 9.97 Å². The summed E-state index contributed by atoms with van der Waals surface area (Å²) in [5, 5.41) is 0. The van der Waals surface area contributed by atoms with Crippen LogP contribution in [-0.2, 0) is 0 Å². The van der Waals surface area contributed by atoms with Crippen LogP contribution in [0.25, 0.3) is 11.4 Å². The standard InChI is InChI=1S/C10H8N2.Ce/c1-3-7-11-9(5-1)10-6-2-4-8-12-10;/h1-8H;/q;+3. The fraction of sp³-hybridized carbons (Fsp3) is 0. The Morgan fingerprint density at radius 3 is 1.46 bits per heavy atom. The maximum absolute atomic E-state index is 4.19. The van der Waals surface area contributed by atoms with E-state index in [0.29, 0.717) is 0 Å². The van der Waals surface area contributed by atoms with Crippen LogP contribution in [-0.4, -0.2) is 9.97 Å². The zero-order valence-corrected chi connectivity index (χ0v) is 10.2. The van der Waals surface area contributed by atoms with E-state index in [-0.39, 0.29) is 41.7 Å². The van der Waals surface area contributed by atoms with Crippen molar-refractivity contribution in [3.8, 4) is 11.4 Å². The van der Waals surface area contributed by atoms with Gasteiger partial charge in [-0.1, -0.05) is 12.1 Å². The second kappa shape index (κ2) is 5.42. The molecular formula is C10H8CeN2+3. The molecule has 59 valence electrons. The summed E-state index contributed by atoms with van der Waals surface area (Å²) in [5.74, 6) is 0. The van der Waals surface area contributed by atoms with Crippen molar-refractivity contribution in [3.63, 3.8) is 0 Å². The quantitative estimate of drug-likeness (QED) is 0.806. The van der Waals surface area contributed by atoms with Crippen LogP contribution in [0, 0.1) is 41.7 Å². The number of hydrogen-bond acceptors (Lipinski definition) is 2. The molecule has 0 saturated carbocycles. The van der Waals surface area contributed by atoms with Crippen LogP contribution in [0.2, 0.25) is 0 Å². The van der Waals surface area contributed by atoms with E-state index in [4.69, 9.17) is 0 Å². The molecular weight excluding hydrogens is 288 g/mol. The molecule has 2 nitrogen and oxygen atoms in total. The van der Waals surface area contributed by atoms with Gasteiger partial charge in [0.25, 0.3) is 0 Å². The molecule has 2 rings (SSSR count). The van der Waals surface area contributed by atoms with E-state index < -0.39 is 0 Å². The third-order valence-electron chi connectivity index (χ3n) is 1.59. The number of rotatable bonds is 1. The summed E-state index contributed by atoms with van der Waals surface area (Å²) in [6.07, 6.45) is 3.54. The van der Waals surface area contributed by atoms with Gasteiger partial charge in [-0.15, -0.1) is 0 Å². The van der Waals surface area contributed by atoms with Crippen molar-refractivity contribution < 1.29 is 41.7 Å². The third-order valence-corrected chi connectivity index (χ3v) is 1.59. The number of hydrogen-bond donors (Lipinski definition) is 0. The Bertz CT molecular complexity index is 310. The Hall–Kier alpha value is -0.323. The third kappa shape index (κ3) is 2.82. The molecule has 0 aromatic carbocycles. The van der Waals surface area contributed by atoms with E-state index in [0.717, 1.165) is 11.4 Å². The van der Waals surface area contributed by atoms with Gasteiger partial charge in [0, 0.05) is 12.4 Å². The molecule has 0 amide bonds. The summed E-state index contributed by atoms with van der Waals surface area (Å²) in [6, 6.07) is 11.6. The van der Waals surface area contributed by atoms with Gasteiger partial charge in [-0.2, -0.15) is 0 Å². The van der Waals surface area contributed by atoms with Gasteiger partial charge in [-0.25, -0.2) is 0 Å². The average Bonchev–Trinajstić information content (AvgIpc) is 2.21. The minimum Gasteiger partial charge on any atom is -0.255 e. The van der Waals surface area contributed by atoms with Crippen molar-refractivity contribution in [1.29, 1.82) is 0 Å². The Morgan fingerprint density at radius 1 is 0.692 bits per heavy atom. The SMILES string of the molecule is [Ce+3].c1ccc(-c2ccccn2)nc1. The topological polar surface area (TPSA) is 25.8 Å². The van der Waals surface area contributed by atoms with Crippen LogP contribution in [0.3, 0.4) is 0 Å². The fourth-order valence-corrected chi connectivity index (χ4v) is 1.03.